The molecule has 0 bridgehead atoms. The van der Waals surface area contributed by atoms with Crippen molar-refractivity contribution in [1.82, 2.24) is 14.7 Å². The van der Waals surface area contributed by atoms with E-state index in [4.69, 9.17) is 4.74 Å². The Hall–Kier alpha value is -3.68. The molecule has 1 N–H and O–H groups in total. The van der Waals surface area contributed by atoms with Gasteiger partial charge in [0.1, 0.15) is 11.6 Å². The SMILES string of the molecule is COc1cccc(NC(=O)CN(C)C(=O)c2c(C)nn(-c3ccc(F)cc3)c2C)c1. The molecule has 0 saturated carbocycles. The van der Waals surface area contributed by atoms with Crippen LogP contribution in [0, 0.1) is 19.7 Å². The molecular formula is C22H23FN4O3. The fraction of sp³-hybridized carbons (Fsp3) is 0.227. The molecule has 0 aliphatic heterocycles. The second-order valence-electron chi connectivity index (χ2n) is 6.88. The van der Waals surface area contributed by atoms with Crippen molar-refractivity contribution in [3.8, 4) is 11.4 Å². The van der Waals surface area contributed by atoms with E-state index in [1.807, 2.05) is 0 Å². The van der Waals surface area contributed by atoms with Gasteiger partial charge in [-0.25, -0.2) is 9.07 Å². The monoisotopic (exact) mass is 410 g/mol. The molecule has 0 aliphatic carbocycles. The van der Waals surface area contributed by atoms with E-state index in [1.54, 1.807) is 69.1 Å². The van der Waals surface area contributed by atoms with Gasteiger partial charge in [0.2, 0.25) is 5.91 Å². The van der Waals surface area contributed by atoms with E-state index in [0.29, 0.717) is 34.1 Å². The van der Waals surface area contributed by atoms with Gasteiger partial charge in [0.25, 0.3) is 5.91 Å². The number of hydrogen-bond acceptors (Lipinski definition) is 4. The zero-order valence-corrected chi connectivity index (χ0v) is 17.3. The van der Waals surface area contributed by atoms with Gasteiger partial charge in [0.05, 0.1) is 36.3 Å². The number of anilines is 1. The molecule has 0 unspecified atom stereocenters. The van der Waals surface area contributed by atoms with E-state index < -0.39 is 0 Å². The molecule has 2 amide bonds. The fourth-order valence-electron chi connectivity index (χ4n) is 3.17. The second kappa shape index (κ2) is 8.77. The number of hydrogen-bond donors (Lipinski definition) is 1. The Morgan fingerprint density at radius 3 is 2.53 bits per heavy atom. The summed E-state index contributed by atoms with van der Waals surface area (Å²) in [5.74, 6) is -0.380. The number of methoxy groups -OCH3 is 1. The predicted molar refractivity (Wildman–Crippen MR) is 112 cm³/mol. The van der Waals surface area contributed by atoms with Crippen LogP contribution in [0.25, 0.3) is 5.69 Å². The molecule has 30 heavy (non-hydrogen) atoms. The third kappa shape index (κ3) is 4.48. The third-order valence-corrected chi connectivity index (χ3v) is 4.66. The largest absolute Gasteiger partial charge is 0.497 e. The lowest BCUT2D eigenvalue weighted by Crippen LogP contribution is -2.35. The molecule has 8 heteroatoms. The number of nitrogens with one attached hydrogen (secondary N) is 1. The smallest absolute Gasteiger partial charge is 0.257 e. The lowest BCUT2D eigenvalue weighted by Gasteiger charge is -2.17. The summed E-state index contributed by atoms with van der Waals surface area (Å²) in [7, 11) is 3.10. The Morgan fingerprint density at radius 1 is 1.17 bits per heavy atom. The van der Waals surface area contributed by atoms with E-state index in [0.717, 1.165) is 0 Å². The Morgan fingerprint density at radius 2 is 1.87 bits per heavy atom. The molecule has 1 aromatic heterocycles. The predicted octanol–water partition coefficient (Wildman–Crippen LogP) is 3.35. The van der Waals surface area contributed by atoms with Gasteiger partial charge >= 0.3 is 0 Å². The highest BCUT2D eigenvalue weighted by Crippen LogP contribution is 2.20. The van der Waals surface area contributed by atoms with Crippen molar-refractivity contribution in [1.29, 1.82) is 0 Å². The number of carbonyl (C=O) groups is 2. The van der Waals surface area contributed by atoms with Crippen molar-refractivity contribution in [2.45, 2.75) is 13.8 Å². The summed E-state index contributed by atoms with van der Waals surface area (Å²) in [6.07, 6.45) is 0. The average Bonchev–Trinajstić information content (AvgIpc) is 3.02. The Labute approximate surface area is 174 Å². The Kier molecular flexibility index (Phi) is 6.15. The highest BCUT2D eigenvalue weighted by Gasteiger charge is 2.23. The summed E-state index contributed by atoms with van der Waals surface area (Å²) in [6.45, 7) is 3.36. The van der Waals surface area contributed by atoms with E-state index in [2.05, 4.69) is 10.4 Å². The topological polar surface area (TPSA) is 76.5 Å². The van der Waals surface area contributed by atoms with Crippen LogP contribution >= 0.6 is 0 Å². The molecule has 0 spiro atoms. The van der Waals surface area contributed by atoms with Crippen LogP contribution in [-0.4, -0.2) is 47.2 Å². The van der Waals surface area contributed by atoms with Crippen molar-refractivity contribution in [2.75, 3.05) is 26.0 Å². The van der Waals surface area contributed by atoms with Gasteiger partial charge in [-0.2, -0.15) is 5.10 Å². The molecule has 0 aliphatic rings. The van der Waals surface area contributed by atoms with E-state index in [9.17, 15) is 14.0 Å². The number of halogens is 1. The lowest BCUT2D eigenvalue weighted by atomic mass is 10.1. The van der Waals surface area contributed by atoms with Crippen LogP contribution in [0.3, 0.4) is 0 Å². The quantitative estimate of drug-likeness (QED) is 0.676. The molecule has 156 valence electrons. The van der Waals surface area contributed by atoms with Crippen LogP contribution in [-0.2, 0) is 4.79 Å². The first-order chi connectivity index (χ1) is 14.3. The molecule has 0 atom stereocenters. The van der Waals surface area contributed by atoms with E-state index >= 15 is 0 Å². The van der Waals surface area contributed by atoms with Crippen LogP contribution in [0.5, 0.6) is 5.75 Å². The van der Waals surface area contributed by atoms with Gasteiger partial charge in [0.15, 0.2) is 0 Å². The lowest BCUT2D eigenvalue weighted by molar-refractivity contribution is -0.116. The van der Waals surface area contributed by atoms with Crippen molar-refractivity contribution >= 4 is 17.5 Å². The molecule has 7 nitrogen and oxygen atoms in total. The minimum atomic E-state index is -0.349. The number of aryl methyl sites for hydroxylation is 1. The zero-order chi connectivity index (χ0) is 21.8. The van der Waals surface area contributed by atoms with Crippen LogP contribution in [0.4, 0.5) is 10.1 Å². The number of benzene rings is 2. The average molecular weight is 410 g/mol. The van der Waals surface area contributed by atoms with Crippen LogP contribution < -0.4 is 10.1 Å². The first kappa shape index (κ1) is 21.0. The molecule has 2 aromatic carbocycles. The van der Waals surface area contributed by atoms with Gasteiger partial charge in [-0.1, -0.05) is 6.07 Å². The number of ether oxygens (including phenoxy) is 1. The Balaban J connectivity index is 1.74. The van der Waals surface area contributed by atoms with Crippen molar-refractivity contribution in [2.24, 2.45) is 0 Å². The highest BCUT2D eigenvalue weighted by molar-refractivity contribution is 6.00. The summed E-state index contributed by atoms with van der Waals surface area (Å²) >= 11 is 0. The number of carbonyl (C=O) groups excluding carboxylic acids is 2. The summed E-state index contributed by atoms with van der Waals surface area (Å²) in [6, 6.07) is 12.8. The maximum atomic E-state index is 13.2. The van der Waals surface area contributed by atoms with Crippen LogP contribution in [0.1, 0.15) is 21.7 Å². The molecule has 0 fully saturated rings. The van der Waals surface area contributed by atoms with Gasteiger partial charge in [-0.15, -0.1) is 0 Å². The van der Waals surface area contributed by atoms with Gasteiger partial charge in [-0.3, -0.25) is 9.59 Å². The highest BCUT2D eigenvalue weighted by atomic mass is 19.1. The normalized spacial score (nSPS) is 10.6. The Bertz CT molecular complexity index is 1080. The number of likely N-dealkylation sites (N-methyl/N-ethyl adjacent to an activating group) is 1. The minimum Gasteiger partial charge on any atom is -0.497 e. The van der Waals surface area contributed by atoms with Gasteiger partial charge < -0.3 is 15.0 Å². The standard InChI is InChI=1S/C22H23FN4O3/c1-14-21(15(2)27(25-14)18-10-8-16(23)9-11-18)22(29)26(3)13-20(28)24-17-6-5-7-19(12-17)30-4/h5-12H,13H2,1-4H3,(H,24,28). The molecule has 1 heterocycles. The third-order valence-electron chi connectivity index (χ3n) is 4.66. The van der Waals surface area contributed by atoms with E-state index in [-0.39, 0.29) is 24.2 Å². The fourth-order valence-corrected chi connectivity index (χ4v) is 3.17. The van der Waals surface area contributed by atoms with E-state index in [1.165, 1.54) is 17.0 Å². The van der Waals surface area contributed by atoms with Crippen LogP contribution in [0.15, 0.2) is 48.5 Å². The molecule has 0 radical (unpaired) electrons. The molecule has 3 rings (SSSR count). The molecular weight excluding hydrogens is 387 g/mol. The maximum absolute atomic E-state index is 13.2. The number of rotatable bonds is 6. The van der Waals surface area contributed by atoms with Crippen molar-refractivity contribution in [3.05, 3.63) is 71.3 Å². The zero-order valence-electron chi connectivity index (χ0n) is 17.3. The van der Waals surface area contributed by atoms with Crippen molar-refractivity contribution < 1.29 is 18.7 Å². The number of amides is 2. The summed E-state index contributed by atoms with van der Waals surface area (Å²) in [5, 5.41) is 7.16. The first-order valence-corrected chi connectivity index (χ1v) is 9.31. The molecule has 3 aromatic rings. The number of aromatic nitrogens is 2. The first-order valence-electron chi connectivity index (χ1n) is 9.31. The van der Waals surface area contributed by atoms with Crippen molar-refractivity contribution in [3.63, 3.8) is 0 Å². The summed E-state index contributed by atoms with van der Waals surface area (Å²) in [5.41, 5.74) is 2.79. The molecule has 0 saturated heterocycles. The summed E-state index contributed by atoms with van der Waals surface area (Å²) in [4.78, 5) is 26.7. The number of nitrogens with zero attached hydrogens (tertiary/aromatic N) is 3. The van der Waals surface area contributed by atoms with Crippen LogP contribution in [0.2, 0.25) is 0 Å². The minimum absolute atomic E-state index is 0.128. The van der Waals surface area contributed by atoms with Gasteiger partial charge in [-0.05, 0) is 50.2 Å². The maximum Gasteiger partial charge on any atom is 0.257 e. The second-order valence-corrected chi connectivity index (χ2v) is 6.88. The summed E-state index contributed by atoms with van der Waals surface area (Å²) < 4.78 is 19.9. The van der Waals surface area contributed by atoms with Gasteiger partial charge in [0, 0.05) is 18.8 Å².